The van der Waals surface area contributed by atoms with Crippen LogP contribution in [0.25, 0.3) is 22.3 Å². The molecule has 140 valence electrons. The maximum absolute atomic E-state index is 9.40. The Bertz CT molecular complexity index is 1200. The van der Waals surface area contributed by atoms with E-state index >= 15 is 0 Å². The van der Waals surface area contributed by atoms with Crippen LogP contribution in [0.1, 0.15) is 24.2 Å². The minimum atomic E-state index is -0.302. The second-order valence-corrected chi connectivity index (χ2v) is 6.39. The highest BCUT2D eigenvalue weighted by Crippen LogP contribution is 2.31. The standard InChI is InChI=1S/C18H18N10/c1-9(23-17-11(8-19)16(20)25-18(21)26-17)15-10(12-3-5-22-27-12)7-14-13(24-15)4-6-28(14)2/h3-7,9H,1-2H3,(H,22,27)(H5,20,21,23,25,26). The zero-order valence-corrected chi connectivity index (χ0v) is 15.3. The molecule has 4 heterocycles. The first-order valence-electron chi connectivity index (χ1n) is 8.53. The van der Waals surface area contributed by atoms with Gasteiger partial charge in [0.2, 0.25) is 5.95 Å². The quantitative estimate of drug-likeness (QED) is 0.421. The van der Waals surface area contributed by atoms with Crippen LogP contribution in [-0.4, -0.2) is 29.7 Å². The van der Waals surface area contributed by atoms with Crippen molar-refractivity contribution in [1.82, 2.24) is 29.7 Å². The van der Waals surface area contributed by atoms with Crippen LogP contribution >= 0.6 is 0 Å². The monoisotopic (exact) mass is 374 g/mol. The molecule has 0 aliphatic carbocycles. The number of nitrogen functional groups attached to an aromatic ring is 2. The Hall–Kier alpha value is -4.13. The number of nitrogens with one attached hydrogen (secondary N) is 2. The molecule has 0 bridgehead atoms. The molecule has 10 nitrogen and oxygen atoms in total. The van der Waals surface area contributed by atoms with Gasteiger partial charge in [-0.2, -0.15) is 20.3 Å². The summed E-state index contributed by atoms with van der Waals surface area (Å²) in [6, 6.07) is 7.59. The SMILES string of the molecule is CC(Nc1nc(N)nc(N)c1C#N)c1nc2ccn(C)c2cc1-c1ccn[nH]1. The summed E-state index contributed by atoms with van der Waals surface area (Å²) >= 11 is 0. The highest BCUT2D eigenvalue weighted by molar-refractivity contribution is 5.82. The van der Waals surface area contributed by atoms with Crippen molar-refractivity contribution in [2.24, 2.45) is 7.05 Å². The van der Waals surface area contributed by atoms with Crippen molar-refractivity contribution in [1.29, 1.82) is 5.26 Å². The zero-order chi connectivity index (χ0) is 19.8. The molecule has 4 aromatic heterocycles. The summed E-state index contributed by atoms with van der Waals surface area (Å²) in [6.07, 6.45) is 3.64. The summed E-state index contributed by atoms with van der Waals surface area (Å²) in [5.41, 5.74) is 16.0. The van der Waals surface area contributed by atoms with Crippen LogP contribution in [0.4, 0.5) is 17.6 Å². The van der Waals surface area contributed by atoms with E-state index in [9.17, 15) is 5.26 Å². The normalized spacial score (nSPS) is 12.0. The Kier molecular flexibility index (Phi) is 4.04. The topological polar surface area (TPSA) is 160 Å². The lowest BCUT2D eigenvalue weighted by atomic mass is 10.0. The van der Waals surface area contributed by atoms with Crippen molar-refractivity contribution >= 4 is 28.6 Å². The van der Waals surface area contributed by atoms with Crippen molar-refractivity contribution in [3.63, 3.8) is 0 Å². The van der Waals surface area contributed by atoms with Gasteiger partial charge < -0.3 is 21.4 Å². The number of hydrogen-bond donors (Lipinski definition) is 4. The highest BCUT2D eigenvalue weighted by atomic mass is 15.1. The molecule has 0 amide bonds. The molecule has 0 aromatic carbocycles. The van der Waals surface area contributed by atoms with Gasteiger partial charge in [-0.3, -0.25) is 5.10 Å². The van der Waals surface area contributed by atoms with Crippen molar-refractivity contribution in [2.75, 3.05) is 16.8 Å². The number of anilines is 3. The number of nitrogens with two attached hydrogens (primary N) is 2. The molecule has 0 saturated carbocycles. The van der Waals surface area contributed by atoms with E-state index in [0.717, 1.165) is 28.0 Å². The fraction of sp³-hybridized carbons (Fsp3) is 0.167. The number of fused-ring (bicyclic) bond motifs is 1. The number of nitriles is 1. The van der Waals surface area contributed by atoms with Gasteiger partial charge in [0.15, 0.2) is 5.82 Å². The first-order valence-corrected chi connectivity index (χ1v) is 8.53. The van der Waals surface area contributed by atoms with E-state index in [4.69, 9.17) is 16.5 Å². The predicted octanol–water partition coefficient (Wildman–Crippen LogP) is 1.96. The Morgan fingerprint density at radius 3 is 2.79 bits per heavy atom. The molecule has 1 unspecified atom stereocenters. The molecule has 28 heavy (non-hydrogen) atoms. The fourth-order valence-electron chi connectivity index (χ4n) is 3.14. The summed E-state index contributed by atoms with van der Waals surface area (Å²) in [6.45, 7) is 1.92. The molecule has 0 fully saturated rings. The van der Waals surface area contributed by atoms with Gasteiger partial charge in [-0.05, 0) is 25.1 Å². The fourth-order valence-corrected chi connectivity index (χ4v) is 3.14. The van der Waals surface area contributed by atoms with Gasteiger partial charge in [-0.1, -0.05) is 0 Å². The molecule has 0 saturated heterocycles. The van der Waals surface area contributed by atoms with Crippen LogP contribution in [0.15, 0.2) is 30.6 Å². The summed E-state index contributed by atoms with van der Waals surface area (Å²) < 4.78 is 2.00. The Morgan fingerprint density at radius 1 is 1.25 bits per heavy atom. The predicted molar refractivity (Wildman–Crippen MR) is 106 cm³/mol. The van der Waals surface area contributed by atoms with E-state index in [2.05, 4.69) is 31.5 Å². The minimum Gasteiger partial charge on any atom is -0.382 e. The third-order valence-electron chi connectivity index (χ3n) is 4.52. The van der Waals surface area contributed by atoms with Crippen LogP contribution in [0.3, 0.4) is 0 Å². The van der Waals surface area contributed by atoms with E-state index in [1.807, 2.05) is 42.9 Å². The van der Waals surface area contributed by atoms with Gasteiger partial charge in [-0.15, -0.1) is 0 Å². The average molecular weight is 374 g/mol. The van der Waals surface area contributed by atoms with Gasteiger partial charge in [0.1, 0.15) is 17.5 Å². The van der Waals surface area contributed by atoms with Crippen molar-refractivity contribution in [2.45, 2.75) is 13.0 Å². The molecule has 4 aromatic rings. The number of nitrogens with zero attached hydrogens (tertiary/aromatic N) is 6. The lowest BCUT2D eigenvalue weighted by Gasteiger charge is -2.19. The van der Waals surface area contributed by atoms with Gasteiger partial charge >= 0.3 is 0 Å². The molecule has 0 aliphatic rings. The first kappa shape index (κ1) is 17.3. The largest absolute Gasteiger partial charge is 0.382 e. The maximum atomic E-state index is 9.40. The van der Waals surface area contributed by atoms with Gasteiger partial charge in [0, 0.05) is 25.0 Å². The molecule has 0 radical (unpaired) electrons. The third-order valence-corrected chi connectivity index (χ3v) is 4.52. The summed E-state index contributed by atoms with van der Waals surface area (Å²) in [5.74, 6) is 0.293. The Labute approximate surface area is 160 Å². The molecule has 10 heteroatoms. The Balaban J connectivity index is 1.83. The third kappa shape index (κ3) is 2.84. The van der Waals surface area contributed by atoms with Crippen molar-refractivity contribution in [3.8, 4) is 17.3 Å². The lowest BCUT2D eigenvalue weighted by molar-refractivity contribution is 0.837. The number of aromatic amines is 1. The van der Waals surface area contributed by atoms with Crippen LogP contribution in [0.2, 0.25) is 0 Å². The van der Waals surface area contributed by atoms with Crippen molar-refractivity contribution in [3.05, 3.63) is 41.9 Å². The molecular formula is C18H18N10. The van der Waals surface area contributed by atoms with Crippen LogP contribution in [0.5, 0.6) is 0 Å². The molecular weight excluding hydrogens is 356 g/mol. The number of H-pyrrole nitrogens is 1. The van der Waals surface area contributed by atoms with E-state index in [0.29, 0.717) is 0 Å². The van der Waals surface area contributed by atoms with E-state index in [-0.39, 0.29) is 29.2 Å². The van der Waals surface area contributed by atoms with Crippen LogP contribution < -0.4 is 16.8 Å². The Morgan fingerprint density at radius 2 is 2.07 bits per heavy atom. The molecule has 4 rings (SSSR count). The minimum absolute atomic E-state index is 0.00791. The number of pyridine rings is 1. The number of rotatable bonds is 4. The molecule has 6 N–H and O–H groups in total. The molecule has 0 spiro atoms. The highest BCUT2D eigenvalue weighted by Gasteiger charge is 2.20. The van der Waals surface area contributed by atoms with Gasteiger partial charge in [0.05, 0.1) is 28.5 Å². The van der Waals surface area contributed by atoms with Crippen molar-refractivity contribution < 1.29 is 0 Å². The van der Waals surface area contributed by atoms with Gasteiger partial charge in [0.25, 0.3) is 0 Å². The van der Waals surface area contributed by atoms with Gasteiger partial charge in [-0.25, -0.2) is 4.98 Å². The average Bonchev–Trinajstić information content (AvgIpc) is 3.30. The van der Waals surface area contributed by atoms with E-state index in [1.54, 1.807) is 6.20 Å². The lowest BCUT2D eigenvalue weighted by Crippen LogP contribution is -2.15. The molecule has 0 aliphatic heterocycles. The van der Waals surface area contributed by atoms with E-state index in [1.165, 1.54) is 0 Å². The number of aryl methyl sites for hydroxylation is 1. The summed E-state index contributed by atoms with van der Waals surface area (Å²) in [5, 5.41) is 19.6. The maximum Gasteiger partial charge on any atom is 0.224 e. The summed E-state index contributed by atoms with van der Waals surface area (Å²) in [7, 11) is 1.97. The van der Waals surface area contributed by atoms with Crippen LogP contribution in [-0.2, 0) is 7.05 Å². The second kappa shape index (κ2) is 6.55. The number of hydrogen-bond acceptors (Lipinski definition) is 8. The zero-order valence-electron chi connectivity index (χ0n) is 15.3. The molecule has 1 atom stereocenters. The van der Waals surface area contributed by atoms with E-state index < -0.39 is 0 Å². The smallest absolute Gasteiger partial charge is 0.224 e. The number of aromatic nitrogens is 6. The first-order chi connectivity index (χ1) is 13.5. The second-order valence-electron chi connectivity index (χ2n) is 6.39. The van der Waals surface area contributed by atoms with Crippen LogP contribution in [0, 0.1) is 11.3 Å². The summed E-state index contributed by atoms with van der Waals surface area (Å²) in [4.78, 5) is 12.8.